The Morgan fingerprint density at radius 3 is 2.06 bits per heavy atom. The lowest BCUT2D eigenvalue weighted by atomic mass is 10.0. The number of carbonyl (C=O) groups is 1. The van der Waals surface area contributed by atoms with Gasteiger partial charge in [0.2, 0.25) is 5.88 Å². The van der Waals surface area contributed by atoms with Gasteiger partial charge in [-0.2, -0.15) is 13.2 Å². The minimum atomic E-state index is -4.47. The molecule has 0 aliphatic heterocycles. The molecule has 6 nitrogen and oxygen atoms in total. The van der Waals surface area contributed by atoms with E-state index in [1.807, 2.05) is 24.3 Å². The maximum absolute atomic E-state index is 12.2. The highest BCUT2D eigenvalue weighted by molar-refractivity contribution is 7.90. The quantitative estimate of drug-likeness (QED) is 0.571. The SMILES string of the molecule is CS(=O)(=O)c1ccc(-c2ccc(CNC(=O)c3ccc(OCC(F)(F)F)nc3)cc2)cc1. The highest BCUT2D eigenvalue weighted by Gasteiger charge is 2.28. The predicted octanol–water partition coefficient (Wildman–Crippen LogP) is 4.02. The van der Waals surface area contributed by atoms with Crippen molar-refractivity contribution in [3.05, 3.63) is 78.0 Å². The molecule has 168 valence electrons. The maximum atomic E-state index is 12.2. The summed E-state index contributed by atoms with van der Waals surface area (Å²) >= 11 is 0. The third-order valence-electron chi connectivity index (χ3n) is 4.41. The van der Waals surface area contributed by atoms with Crippen LogP contribution in [0.15, 0.2) is 71.8 Å². The molecule has 10 heteroatoms. The molecule has 1 aromatic heterocycles. The minimum Gasteiger partial charge on any atom is -0.468 e. The van der Waals surface area contributed by atoms with E-state index in [-0.39, 0.29) is 22.9 Å². The molecule has 3 rings (SSSR count). The van der Waals surface area contributed by atoms with Gasteiger partial charge in [0.15, 0.2) is 16.4 Å². The zero-order valence-corrected chi connectivity index (χ0v) is 17.7. The normalized spacial score (nSPS) is 11.8. The van der Waals surface area contributed by atoms with E-state index in [4.69, 9.17) is 0 Å². The Morgan fingerprint density at radius 2 is 1.56 bits per heavy atom. The molecule has 32 heavy (non-hydrogen) atoms. The van der Waals surface area contributed by atoms with E-state index in [0.717, 1.165) is 29.1 Å². The van der Waals surface area contributed by atoms with Gasteiger partial charge in [-0.05, 0) is 34.9 Å². The maximum Gasteiger partial charge on any atom is 0.422 e. The number of sulfone groups is 1. The van der Waals surface area contributed by atoms with E-state index in [1.165, 1.54) is 12.1 Å². The number of nitrogens with one attached hydrogen (secondary N) is 1. The zero-order chi connectivity index (χ0) is 23.4. The van der Waals surface area contributed by atoms with E-state index < -0.39 is 28.5 Å². The highest BCUT2D eigenvalue weighted by atomic mass is 32.2. The number of nitrogens with zero attached hydrogens (tertiary/aromatic N) is 1. The second-order valence-electron chi connectivity index (χ2n) is 6.97. The lowest BCUT2D eigenvalue weighted by Gasteiger charge is -2.09. The van der Waals surface area contributed by atoms with Gasteiger partial charge in [-0.3, -0.25) is 4.79 Å². The summed E-state index contributed by atoms with van der Waals surface area (Å²) in [5.74, 6) is -0.653. The molecule has 0 saturated heterocycles. The molecule has 0 fully saturated rings. The number of ether oxygens (including phenoxy) is 1. The fraction of sp³-hybridized carbons (Fsp3) is 0.182. The van der Waals surface area contributed by atoms with Gasteiger partial charge in [-0.25, -0.2) is 13.4 Å². The molecule has 1 N–H and O–H groups in total. The number of pyridine rings is 1. The van der Waals surface area contributed by atoms with Gasteiger partial charge in [-0.15, -0.1) is 0 Å². The standard InChI is InChI=1S/C22H19F3N2O4S/c1-32(29,30)19-9-6-17(7-10-19)16-4-2-15(3-5-16)12-27-21(28)18-8-11-20(26-13-18)31-14-22(23,24)25/h2-11,13H,12,14H2,1H3,(H,27,28). The van der Waals surface area contributed by atoms with Crippen molar-refractivity contribution in [2.24, 2.45) is 0 Å². The number of aromatic nitrogens is 1. The van der Waals surface area contributed by atoms with Crippen molar-refractivity contribution in [2.75, 3.05) is 12.9 Å². The van der Waals surface area contributed by atoms with Crippen LogP contribution in [0.25, 0.3) is 11.1 Å². The summed E-state index contributed by atoms with van der Waals surface area (Å²) in [6.45, 7) is -1.22. The van der Waals surface area contributed by atoms with E-state index in [0.29, 0.717) is 0 Å². The molecule has 0 bridgehead atoms. The fourth-order valence-electron chi connectivity index (χ4n) is 2.75. The molecule has 0 radical (unpaired) electrons. The summed E-state index contributed by atoms with van der Waals surface area (Å²) in [5.41, 5.74) is 2.76. The highest BCUT2D eigenvalue weighted by Crippen LogP contribution is 2.22. The molecule has 0 aliphatic rings. The number of halogens is 3. The molecule has 0 saturated carbocycles. The minimum absolute atomic E-state index is 0.187. The zero-order valence-electron chi connectivity index (χ0n) is 16.9. The predicted molar refractivity (Wildman–Crippen MR) is 112 cm³/mol. The van der Waals surface area contributed by atoms with Crippen LogP contribution in [-0.4, -0.2) is 38.3 Å². The van der Waals surface area contributed by atoms with E-state index >= 15 is 0 Å². The van der Waals surface area contributed by atoms with Crippen molar-refractivity contribution in [2.45, 2.75) is 17.6 Å². The largest absolute Gasteiger partial charge is 0.468 e. The number of hydrogen-bond acceptors (Lipinski definition) is 5. The lowest BCUT2D eigenvalue weighted by Crippen LogP contribution is -2.23. The van der Waals surface area contributed by atoms with Gasteiger partial charge in [-0.1, -0.05) is 36.4 Å². The van der Waals surface area contributed by atoms with E-state index in [2.05, 4.69) is 15.0 Å². The number of carbonyl (C=O) groups excluding carboxylic acids is 1. The Kier molecular flexibility index (Phi) is 6.83. The van der Waals surface area contributed by atoms with Crippen LogP contribution in [-0.2, 0) is 16.4 Å². The van der Waals surface area contributed by atoms with Crippen LogP contribution < -0.4 is 10.1 Å². The summed E-state index contributed by atoms with van der Waals surface area (Å²) in [5, 5.41) is 2.71. The first kappa shape index (κ1) is 23.3. The van der Waals surface area contributed by atoms with Crippen molar-refractivity contribution in [3.63, 3.8) is 0 Å². The van der Waals surface area contributed by atoms with Crippen molar-refractivity contribution >= 4 is 15.7 Å². The Bertz CT molecular complexity index is 1180. The first-order valence-electron chi connectivity index (χ1n) is 9.34. The van der Waals surface area contributed by atoms with Crippen molar-refractivity contribution < 1.29 is 31.1 Å². The van der Waals surface area contributed by atoms with Crippen molar-refractivity contribution in [1.29, 1.82) is 0 Å². The van der Waals surface area contributed by atoms with Gasteiger partial charge in [0.1, 0.15) is 0 Å². The number of benzene rings is 2. The summed E-state index contributed by atoms with van der Waals surface area (Å²) in [4.78, 5) is 16.2. The number of rotatable bonds is 7. The number of hydrogen-bond donors (Lipinski definition) is 1. The first-order chi connectivity index (χ1) is 15.0. The Hall–Kier alpha value is -3.40. The topological polar surface area (TPSA) is 85.4 Å². The monoisotopic (exact) mass is 464 g/mol. The number of alkyl halides is 3. The lowest BCUT2D eigenvalue weighted by molar-refractivity contribution is -0.154. The summed E-state index contributed by atoms with van der Waals surface area (Å²) in [6, 6.07) is 16.4. The van der Waals surface area contributed by atoms with Crippen molar-refractivity contribution in [3.8, 4) is 17.0 Å². The van der Waals surface area contributed by atoms with E-state index in [1.54, 1.807) is 24.3 Å². The summed E-state index contributed by atoms with van der Waals surface area (Å²) in [7, 11) is -3.26. The molecule has 1 amide bonds. The molecule has 0 unspecified atom stereocenters. The average Bonchev–Trinajstić information content (AvgIpc) is 2.76. The second-order valence-corrected chi connectivity index (χ2v) is 8.98. The van der Waals surface area contributed by atoms with Gasteiger partial charge in [0.25, 0.3) is 5.91 Å². The third-order valence-corrected chi connectivity index (χ3v) is 5.53. The molecule has 0 atom stereocenters. The number of amides is 1. The van der Waals surface area contributed by atoms with Crippen LogP contribution >= 0.6 is 0 Å². The van der Waals surface area contributed by atoms with Gasteiger partial charge >= 0.3 is 6.18 Å². The van der Waals surface area contributed by atoms with Crippen LogP contribution in [0.2, 0.25) is 0 Å². The van der Waals surface area contributed by atoms with Gasteiger partial charge < -0.3 is 10.1 Å². The molecule has 0 spiro atoms. The molecular formula is C22H19F3N2O4S. The van der Waals surface area contributed by atoms with Gasteiger partial charge in [0.05, 0.1) is 10.5 Å². The van der Waals surface area contributed by atoms with Crippen LogP contribution in [0.5, 0.6) is 5.88 Å². The Labute approximate surface area is 183 Å². The Morgan fingerprint density at radius 1 is 0.969 bits per heavy atom. The van der Waals surface area contributed by atoms with E-state index in [9.17, 15) is 26.4 Å². The van der Waals surface area contributed by atoms with Crippen molar-refractivity contribution in [1.82, 2.24) is 10.3 Å². The molecular weight excluding hydrogens is 445 g/mol. The average molecular weight is 464 g/mol. The second kappa shape index (κ2) is 9.39. The third kappa shape index (κ3) is 6.55. The smallest absolute Gasteiger partial charge is 0.422 e. The summed E-state index contributed by atoms with van der Waals surface area (Å²) in [6.07, 6.45) is -2.17. The van der Waals surface area contributed by atoms with Crippen LogP contribution in [0.3, 0.4) is 0 Å². The fourth-order valence-corrected chi connectivity index (χ4v) is 3.38. The molecule has 2 aromatic carbocycles. The molecule has 0 aliphatic carbocycles. The molecule has 1 heterocycles. The first-order valence-corrected chi connectivity index (χ1v) is 11.2. The molecule has 3 aromatic rings. The van der Waals surface area contributed by atoms with Crippen LogP contribution in [0, 0.1) is 0 Å². The van der Waals surface area contributed by atoms with Gasteiger partial charge in [0, 0.05) is 25.1 Å². The summed E-state index contributed by atoms with van der Waals surface area (Å²) < 4.78 is 64.1. The van der Waals surface area contributed by atoms with Crippen LogP contribution in [0.4, 0.5) is 13.2 Å². The Balaban J connectivity index is 1.56. The van der Waals surface area contributed by atoms with Crippen LogP contribution in [0.1, 0.15) is 15.9 Å².